The molecule has 0 aliphatic carbocycles. The molecule has 0 spiro atoms. The number of carbonyl (C=O) groups excluding carboxylic acids is 2. The van der Waals surface area contributed by atoms with Gasteiger partial charge in [0.2, 0.25) is 11.8 Å². The minimum Gasteiger partial charge on any atom is -0.473 e. The first-order valence-corrected chi connectivity index (χ1v) is 10.5. The summed E-state index contributed by atoms with van der Waals surface area (Å²) >= 11 is 1.17. The molecule has 0 saturated carbocycles. The molecular formula is C20H29N3O3S. The Morgan fingerprint density at radius 3 is 2.89 bits per heavy atom. The summed E-state index contributed by atoms with van der Waals surface area (Å²) in [6, 6.07) is 4.04. The third kappa shape index (κ3) is 9.58. The zero-order chi connectivity index (χ0) is 19.3. The lowest BCUT2D eigenvalue weighted by Gasteiger charge is -2.26. The van der Waals surface area contributed by atoms with Crippen LogP contribution < -0.4 is 10.1 Å². The Kier molecular flexibility index (Phi) is 9.94. The van der Waals surface area contributed by atoms with E-state index in [9.17, 15) is 9.59 Å². The number of piperidine rings is 1. The van der Waals surface area contributed by atoms with Gasteiger partial charge in [0.15, 0.2) is 5.12 Å². The molecule has 148 valence electrons. The minimum atomic E-state index is -0.0543. The molecular weight excluding hydrogens is 362 g/mol. The predicted molar refractivity (Wildman–Crippen MR) is 109 cm³/mol. The Hall–Kier alpha value is -1.86. The van der Waals surface area contributed by atoms with Crippen LogP contribution in [0.4, 0.5) is 0 Å². The highest BCUT2D eigenvalue weighted by atomic mass is 32.2. The number of rotatable bonds is 10. The fraction of sp³-hybridized carbons (Fsp3) is 0.550. The summed E-state index contributed by atoms with van der Waals surface area (Å²) in [6.45, 7) is 5.65. The van der Waals surface area contributed by atoms with E-state index in [1.807, 2.05) is 24.3 Å². The maximum Gasteiger partial charge on any atom is 0.221 e. The van der Waals surface area contributed by atoms with E-state index in [1.165, 1.54) is 56.6 Å². The Labute approximate surface area is 165 Å². The van der Waals surface area contributed by atoms with Crippen LogP contribution in [0.25, 0.3) is 0 Å². The average Bonchev–Trinajstić information content (AvgIpc) is 2.65. The fourth-order valence-electron chi connectivity index (χ4n) is 2.84. The van der Waals surface area contributed by atoms with Crippen LogP contribution in [0.15, 0.2) is 30.5 Å². The van der Waals surface area contributed by atoms with Crippen LogP contribution in [0.2, 0.25) is 0 Å². The molecule has 0 radical (unpaired) electrons. The van der Waals surface area contributed by atoms with E-state index >= 15 is 0 Å². The van der Waals surface area contributed by atoms with Gasteiger partial charge < -0.3 is 10.1 Å². The van der Waals surface area contributed by atoms with E-state index in [4.69, 9.17) is 4.74 Å². The van der Waals surface area contributed by atoms with Gasteiger partial charge in [-0.25, -0.2) is 4.98 Å². The standard InChI is InChI=1S/C20H29N3O3S/c1-17(24)27-14-8-19(25)21-9-3-6-13-26-20-15-18(7-10-22-20)16-23-11-4-2-5-12-23/h3,6-7,10,15H,2,4-5,8-9,11-14,16H2,1H3,(H,21,25). The molecule has 0 atom stereocenters. The first kappa shape index (κ1) is 21.4. The number of nitrogens with one attached hydrogen (secondary N) is 1. The van der Waals surface area contributed by atoms with Crippen LogP contribution in [0.5, 0.6) is 5.88 Å². The van der Waals surface area contributed by atoms with Gasteiger partial charge >= 0.3 is 0 Å². The molecule has 6 nitrogen and oxygen atoms in total. The number of thioether (sulfide) groups is 1. The van der Waals surface area contributed by atoms with Crippen LogP contribution in [-0.4, -0.2) is 52.9 Å². The lowest BCUT2D eigenvalue weighted by molar-refractivity contribution is -0.120. The summed E-state index contributed by atoms with van der Waals surface area (Å²) in [4.78, 5) is 29.1. The maximum atomic E-state index is 11.6. The summed E-state index contributed by atoms with van der Waals surface area (Å²) in [5, 5.41) is 2.82. The molecule has 0 aromatic carbocycles. The second-order valence-corrected chi connectivity index (χ2v) is 7.79. The van der Waals surface area contributed by atoms with Gasteiger partial charge in [0, 0.05) is 44.5 Å². The van der Waals surface area contributed by atoms with Crippen LogP contribution in [-0.2, 0) is 16.1 Å². The summed E-state index contributed by atoms with van der Waals surface area (Å²) in [5.41, 5.74) is 1.22. The molecule has 27 heavy (non-hydrogen) atoms. The van der Waals surface area contributed by atoms with E-state index in [0.29, 0.717) is 31.2 Å². The van der Waals surface area contributed by atoms with E-state index in [-0.39, 0.29) is 11.0 Å². The summed E-state index contributed by atoms with van der Waals surface area (Å²) in [5.74, 6) is 1.09. The third-order valence-corrected chi connectivity index (χ3v) is 5.01. The highest BCUT2D eigenvalue weighted by molar-refractivity contribution is 8.13. The van der Waals surface area contributed by atoms with Crippen LogP contribution in [0.1, 0.15) is 38.2 Å². The zero-order valence-corrected chi connectivity index (χ0v) is 16.8. The van der Waals surface area contributed by atoms with Gasteiger partial charge in [-0.2, -0.15) is 0 Å². The topological polar surface area (TPSA) is 71.5 Å². The Balaban J connectivity index is 1.61. The molecule has 0 bridgehead atoms. The highest BCUT2D eigenvalue weighted by Gasteiger charge is 2.10. The number of hydrogen-bond acceptors (Lipinski definition) is 6. The van der Waals surface area contributed by atoms with Gasteiger partial charge in [-0.15, -0.1) is 0 Å². The molecule has 1 aromatic heterocycles. The van der Waals surface area contributed by atoms with E-state index in [2.05, 4.69) is 15.2 Å². The Morgan fingerprint density at radius 2 is 2.11 bits per heavy atom. The van der Waals surface area contributed by atoms with Crippen molar-refractivity contribution in [1.29, 1.82) is 0 Å². The lowest BCUT2D eigenvalue weighted by atomic mass is 10.1. The quantitative estimate of drug-likeness (QED) is 0.619. The van der Waals surface area contributed by atoms with Crippen molar-refractivity contribution in [1.82, 2.24) is 15.2 Å². The van der Waals surface area contributed by atoms with Crippen molar-refractivity contribution >= 4 is 22.8 Å². The number of hydrogen-bond donors (Lipinski definition) is 1. The van der Waals surface area contributed by atoms with Gasteiger partial charge in [-0.05, 0) is 43.6 Å². The molecule has 0 unspecified atom stereocenters. The second-order valence-electron chi connectivity index (χ2n) is 6.52. The zero-order valence-electron chi connectivity index (χ0n) is 16.0. The van der Waals surface area contributed by atoms with Crippen LogP contribution in [0, 0.1) is 0 Å². The van der Waals surface area contributed by atoms with Gasteiger partial charge in [-0.1, -0.05) is 24.3 Å². The first-order valence-electron chi connectivity index (χ1n) is 9.48. The number of pyridine rings is 1. The fourth-order valence-corrected chi connectivity index (χ4v) is 3.41. The maximum absolute atomic E-state index is 11.6. The molecule has 2 heterocycles. The Bertz CT molecular complexity index is 631. The number of ether oxygens (including phenoxy) is 1. The van der Waals surface area contributed by atoms with E-state index in [0.717, 1.165) is 6.54 Å². The molecule has 1 amide bonds. The van der Waals surface area contributed by atoms with E-state index < -0.39 is 0 Å². The van der Waals surface area contributed by atoms with Gasteiger partial charge in [-0.3, -0.25) is 14.5 Å². The van der Waals surface area contributed by atoms with Gasteiger partial charge in [0.25, 0.3) is 0 Å². The molecule has 1 aliphatic rings. The van der Waals surface area contributed by atoms with Crippen molar-refractivity contribution in [3.05, 3.63) is 36.0 Å². The predicted octanol–water partition coefficient (Wildman–Crippen LogP) is 2.79. The molecule has 1 saturated heterocycles. The van der Waals surface area contributed by atoms with Gasteiger partial charge in [0.05, 0.1) is 0 Å². The average molecular weight is 392 g/mol. The molecule has 7 heteroatoms. The third-order valence-electron chi connectivity index (χ3n) is 4.20. The smallest absolute Gasteiger partial charge is 0.221 e. The number of aromatic nitrogens is 1. The minimum absolute atomic E-state index is 0.0356. The molecule has 1 fully saturated rings. The molecule has 1 aliphatic heterocycles. The monoisotopic (exact) mass is 391 g/mol. The molecule has 1 aromatic rings. The van der Waals surface area contributed by atoms with Crippen molar-refractivity contribution in [2.75, 3.05) is 32.0 Å². The summed E-state index contributed by atoms with van der Waals surface area (Å²) < 4.78 is 5.66. The number of nitrogens with zero attached hydrogens (tertiary/aromatic N) is 2. The number of likely N-dealkylation sites (tertiary alicyclic amines) is 1. The molecule has 1 N–H and O–H groups in total. The van der Waals surface area contributed by atoms with Crippen molar-refractivity contribution in [3.8, 4) is 5.88 Å². The van der Waals surface area contributed by atoms with Gasteiger partial charge in [0.1, 0.15) is 6.61 Å². The van der Waals surface area contributed by atoms with Crippen molar-refractivity contribution in [3.63, 3.8) is 0 Å². The lowest BCUT2D eigenvalue weighted by Crippen LogP contribution is -2.29. The number of carbonyl (C=O) groups is 2. The summed E-state index contributed by atoms with van der Waals surface area (Å²) in [7, 11) is 0. The van der Waals surface area contributed by atoms with Crippen LogP contribution in [0.3, 0.4) is 0 Å². The normalized spacial score (nSPS) is 15.0. The first-order chi connectivity index (χ1) is 13.1. The van der Waals surface area contributed by atoms with Crippen molar-refractivity contribution < 1.29 is 14.3 Å². The second kappa shape index (κ2) is 12.5. The van der Waals surface area contributed by atoms with Crippen molar-refractivity contribution in [2.45, 2.75) is 39.2 Å². The SMILES string of the molecule is CC(=O)SCCC(=O)NCC=CCOc1cc(CN2CCCCC2)ccn1. The Morgan fingerprint density at radius 1 is 1.30 bits per heavy atom. The van der Waals surface area contributed by atoms with E-state index in [1.54, 1.807) is 6.20 Å². The largest absolute Gasteiger partial charge is 0.473 e. The number of amides is 1. The van der Waals surface area contributed by atoms with Crippen molar-refractivity contribution in [2.24, 2.45) is 0 Å². The van der Waals surface area contributed by atoms with Crippen LogP contribution >= 0.6 is 11.8 Å². The highest BCUT2D eigenvalue weighted by Crippen LogP contribution is 2.15. The summed E-state index contributed by atoms with van der Waals surface area (Å²) in [6.07, 6.45) is 9.76. The molecule has 2 rings (SSSR count).